The highest BCUT2D eigenvalue weighted by molar-refractivity contribution is 5.80. The molecular weight excluding hydrogens is 342 g/mol. The zero-order valence-corrected chi connectivity index (χ0v) is 14.0. The van der Waals surface area contributed by atoms with Crippen molar-refractivity contribution in [3.8, 4) is 11.1 Å². The van der Waals surface area contributed by atoms with E-state index in [0.717, 1.165) is 0 Å². The number of carbonyl (C=O) groups is 1. The van der Waals surface area contributed by atoms with Crippen LogP contribution in [0, 0.1) is 11.6 Å². The number of aliphatic hydroxyl groups excluding tert-OH is 2. The predicted octanol–water partition coefficient (Wildman–Crippen LogP) is 1.59. The molecule has 7 heteroatoms. The fourth-order valence-corrected chi connectivity index (χ4v) is 3.51. The van der Waals surface area contributed by atoms with Gasteiger partial charge in [0, 0.05) is 6.54 Å². The summed E-state index contributed by atoms with van der Waals surface area (Å²) in [4.78, 5) is 13.3. The molecule has 1 saturated heterocycles. The molecule has 1 amide bonds. The zero-order chi connectivity index (χ0) is 18.8. The van der Waals surface area contributed by atoms with Crippen LogP contribution in [0.2, 0.25) is 0 Å². The van der Waals surface area contributed by atoms with Gasteiger partial charge in [0.2, 0.25) is 5.91 Å². The summed E-state index contributed by atoms with van der Waals surface area (Å²) < 4.78 is 27.8. The topological polar surface area (TPSA) is 86.8 Å². The first-order valence-electron chi connectivity index (χ1n) is 8.30. The van der Waals surface area contributed by atoms with E-state index >= 15 is 0 Å². The first kappa shape index (κ1) is 18.4. The van der Waals surface area contributed by atoms with Crippen LogP contribution in [0.25, 0.3) is 11.1 Å². The molecule has 2 aromatic carbocycles. The van der Waals surface area contributed by atoms with Crippen molar-refractivity contribution in [1.82, 2.24) is 4.90 Å². The van der Waals surface area contributed by atoms with Crippen LogP contribution in [-0.4, -0.2) is 46.3 Å². The van der Waals surface area contributed by atoms with E-state index in [-0.39, 0.29) is 25.1 Å². The highest BCUT2D eigenvalue weighted by Crippen LogP contribution is 2.32. The summed E-state index contributed by atoms with van der Waals surface area (Å²) in [5, 5.41) is 19.7. The van der Waals surface area contributed by atoms with Gasteiger partial charge in [-0.15, -0.1) is 0 Å². The molecule has 1 aliphatic rings. The fraction of sp³-hybridized carbons (Fsp3) is 0.316. The minimum atomic E-state index is -0.701. The number of benzene rings is 2. The molecule has 0 aromatic heterocycles. The summed E-state index contributed by atoms with van der Waals surface area (Å²) in [6, 6.07) is 8.85. The van der Waals surface area contributed by atoms with Gasteiger partial charge >= 0.3 is 0 Å². The van der Waals surface area contributed by atoms with Gasteiger partial charge < -0.3 is 15.9 Å². The second-order valence-corrected chi connectivity index (χ2v) is 6.42. The number of nitrogens with two attached hydrogens (primary N) is 1. The van der Waals surface area contributed by atoms with E-state index < -0.39 is 35.7 Å². The van der Waals surface area contributed by atoms with Gasteiger partial charge in [-0.25, -0.2) is 8.78 Å². The molecule has 0 radical (unpaired) electrons. The molecule has 0 aliphatic carbocycles. The number of likely N-dealkylation sites (tertiary alicyclic amines) is 1. The summed E-state index contributed by atoms with van der Waals surface area (Å²) in [6.07, 6.45) is -0.488. The average Bonchev–Trinajstić information content (AvgIpc) is 2.98. The largest absolute Gasteiger partial charge is 0.394 e. The summed E-state index contributed by atoms with van der Waals surface area (Å²) in [6.45, 7) is -0.0770. The SMILES string of the molecule is NC(=O)C1CC(O)CN1[C@@H](CO)c1ccc(-c2c(F)cccc2F)cc1. The fourth-order valence-electron chi connectivity index (χ4n) is 3.51. The number of primary amides is 1. The van der Waals surface area contributed by atoms with Crippen molar-refractivity contribution in [2.24, 2.45) is 5.73 Å². The van der Waals surface area contributed by atoms with Gasteiger partial charge in [0.05, 0.1) is 30.4 Å². The molecule has 1 aliphatic heterocycles. The second kappa shape index (κ2) is 7.49. The normalized spacial score (nSPS) is 21.7. The van der Waals surface area contributed by atoms with Crippen molar-refractivity contribution in [3.63, 3.8) is 0 Å². The molecule has 0 bridgehead atoms. The number of β-amino-alcohol motifs (C(OH)–C–C–N with tert-alkyl or cyclic N) is 1. The lowest BCUT2D eigenvalue weighted by Crippen LogP contribution is -2.43. The maximum atomic E-state index is 13.9. The Bertz CT molecular complexity index is 778. The molecule has 5 nitrogen and oxygen atoms in total. The average molecular weight is 362 g/mol. The molecule has 4 N–H and O–H groups in total. The van der Waals surface area contributed by atoms with Crippen LogP contribution >= 0.6 is 0 Å². The van der Waals surface area contributed by atoms with E-state index in [1.165, 1.54) is 18.2 Å². The number of aliphatic hydroxyl groups is 2. The summed E-state index contributed by atoms with van der Waals surface area (Å²) in [5.74, 6) is -1.88. The number of carbonyl (C=O) groups excluding carboxylic acids is 1. The maximum absolute atomic E-state index is 13.9. The highest BCUT2D eigenvalue weighted by atomic mass is 19.1. The van der Waals surface area contributed by atoms with Crippen molar-refractivity contribution in [3.05, 3.63) is 59.7 Å². The van der Waals surface area contributed by atoms with Crippen LogP contribution in [0.15, 0.2) is 42.5 Å². The monoisotopic (exact) mass is 362 g/mol. The Balaban J connectivity index is 1.90. The molecular formula is C19H20F2N2O3. The van der Waals surface area contributed by atoms with Crippen LogP contribution in [-0.2, 0) is 4.79 Å². The summed E-state index contributed by atoms with van der Waals surface area (Å²) in [7, 11) is 0. The van der Waals surface area contributed by atoms with E-state index in [0.29, 0.717) is 11.1 Å². The number of rotatable bonds is 5. The van der Waals surface area contributed by atoms with Crippen LogP contribution in [0.1, 0.15) is 18.0 Å². The number of halogens is 2. The maximum Gasteiger partial charge on any atom is 0.234 e. The first-order valence-corrected chi connectivity index (χ1v) is 8.30. The standard InChI is InChI=1S/C19H20F2N2O3/c20-14-2-1-3-15(21)18(14)12-6-4-11(5-7-12)17(10-24)23-9-13(25)8-16(23)19(22)26/h1-7,13,16-17,24-25H,8-10H2,(H2,22,26)/t13?,16?,17-/m0/s1. The van der Waals surface area contributed by atoms with Crippen molar-refractivity contribution >= 4 is 5.91 Å². The van der Waals surface area contributed by atoms with Gasteiger partial charge in [-0.2, -0.15) is 0 Å². The molecule has 0 saturated carbocycles. The Hall–Kier alpha value is -2.35. The lowest BCUT2D eigenvalue weighted by Gasteiger charge is -2.30. The van der Waals surface area contributed by atoms with Gasteiger partial charge in [-0.1, -0.05) is 30.3 Å². The van der Waals surface area contributed by atoms with Crippen molar-refractivity contribution in [1.29, 1.82) is 0 Å². The predicted molar refractivity (Wildman–Crippen MR) is 91.9 cm³/mol. The van der Waals surface area contributed by atoms with Crippen molar-refractivity contribution in [2.75, 3.05) is 13.2 Å². The smallest absolute Gasteiger partial charge is 0.234 e. The van der Waals surface area contributed by atoms with Gasteiger partial charge in [-0.05, 0) is 29.7 Å². The van der Waals surface area contributed by atoms with E-state index in [4.69, 9.17) is 5.73 Å². The molecule has 138 valence electrons. The van der Waals surface area contributed by atoms with E-state index in [2.05, 4.69) is 0 Å². The molecule has 3 rings (SSSR count). The Morgan fingerprint density at radius 3 is 2.35 bits per heavy atom. The molecule has 26 heavy (non-hydrogen) atoms. The van der Waals surface area contributed by atoms with Crippen LogP contribution < -0.4 is 5.73 Å². The minimum absolute atomic E-state index is 0.119. The third-order valence-corrected chi connectivity index (χ3v) is 4.77. The number of amides is 1. The van der Waals surface area contributed by atoms with Crippen LogP contribution in [0.4, 0.5) is 8.78 Å². The lowest BCUT2D eigenvalue weighted by molar-refractivity contribution is -0.123. The molecule has 2 aromatic rings. The Labute approximate surface area is 149 Å². The molecule has 3 atom stereocenters. The highest BCUT2D eigenvalue weighted by Gasteiger charge is 2.39. The molecule has 1 fully saturated rings. The van der Waals surface area contributed by atoms with Gasteiger partial charge in [0.1, 0.15) is 11.6 Å². The van der Waals surface area contributed by atoms with E-state index in [9.17, 15) is 23.8 Å². The molecule has 2 unspecified atom stereocenters. The second-order valence-electron chi connectivity index (χ2n) is 6.42. The third-order valence-electron chi connectivity index (χ3n) is 4.77. The van der Waals surface area contributed by atoms with Gasteiger partial charge in [-0.3, -0.25) is 9.69 Å². The van der Waals surface area contributed by atoms with Crippen molar-refractivity contribution in [2.45, 2.75) is 24.6 Å². The molecule has 1 heterocycles. The van der Waals surface area contributed by atoms with E-state index in [1.807, 2.05) is 0 Å². The Kier molecular flexibility index (Phi) is 5.31. The summed E-state index contributed by atoms with van der Waals surface area (Å²) in [5.41, 5.74) is 6.31. The van der Waals surface area contributed by atoms with Gasteiger partial charge in [0.25, 0.3) is 0 Å². The number of nitrogens with zero attached hydrogens (tertiary/aromatic N) is 1. The van der Waals surface area contributed by atoms with E-state index in [1.54, 1.807) is 29.2 Å². The quantitative estimate of drug-likeness (QED) is 0.754. The van der Waals surface area contributed by atoms with Crippen LogP contribution in [0.5, 0.6) is 0 Å². The Morgan fingerprint density at radius 2 is 1.81 bits per heavy atom. The minimum Gasteiger partial charge on any atom is -0.394 e. The Morgan fingerprint density at radius 1 is 1.19 bits per heavy atom. The van der Waals surface area contributed by atoms with Gasteiger partial charge in [0.15, 0.2) is 0 Å². The first-order chi connectivity index (χ1) is 12.4. The van der Waals surface area contributed by atoms with Crippen molar-refractivity contribution < 1.29 is 23.8 Å². The summed E-state index contributed by atoms with van der Waals surface area (Å²) >= 11 is 0. The van der Waals surface area contributed by atoms with Crippen LogP contribution in [0.3, 0.4) is 0 Å². The number of hydrogen-bond donors (Lipinski definition) is 3. The molecule has 0 spiro atoms. The number of hydrogen-bond acceptors (Lipinski definition) is 4. The lowest BCUT2D eigenvalue weighted by atomic mass is 9.99. The zero-order valence-electron chi connectivity index (χ0n) is 14.0. The third kappa shape index (κ3) is 3.46.